The molecule has 0 bridgehead atoms. The monoisotopic (exact) mass is 366 g/mol. The van der Waals surface area contributed by atoms with Crippen molar-refractivity contribution in [3.8, 4) is 11.5 Å². The number of phenols is 1. The number of aromatic hydroxyl groups is 1. The Morgan fingerprint density at radius 3 is 2.56 bits per heavy atom. The molecule has 0 unspecified atom stereocenters. The summed E-state index contributed by atoms with van der Waals surface area (Å²) < 4.78 is 24.3. The van der Waals surface area contributed by atoms with Crippen LogP contribution in [0.3, 0.4) is 0 Å². The van der Waals surface area contributed by atoms with Crippen LogP contribution in [0, 0.1) is 5.82 Å². The lowest BCUT2D eigenvalue weighted by Crippen LogP contribution is -2.27. The molecule has 134 valence electrons. The van der Waals surface area contributed by atoms with Gasteiger partial charge in [-0.15, -0.1) is 0 Å². The molecule has 25 heavy (non-hydrogen) atoms. The number of benzene rings is 2. The van der Waals surface area contributed by atoms with Crippen molar-refractivity contribution < 1.29 is 28.9 Å². The van der Waals surface area contributed by atoms with Crippen LogP contribution < -0.4 is 4.74 Å². The lowest BCUT2D eigenvalue weighted by Gasteiger charge is -2.24. The van der Waals surface area contributed by atoms with Gasteiger partial charge in [-0.25, -0.2) is 4.39 Å². The Morgan fingerprint density at radius 1 is 1.20 bits per heavy atom. The van der Waals surface area contributed by atoms with Crippen molar-refractivity contribution in [3.05, 3.63) is 59.9 Å². The molecule has 0 aliphatic heterocycles. The average Bonchev–Trinajstić information content (AvgIpc) is 2.63. The lowest BCUT2D eigenvalue weighted by atomic mass is 10.0. The highest BCUT2D eigenvalue weighted by atomic mass is 32.1. The number of para-hydroxylation sites is 1. The van der Waals surface area contributed by atoms with Gasteiger partial charge in [0, 0.05) is 6.42 Å². The summed E-state index contributed by atoms with van der Waals surface area (Å²) >= 11 is 3.82. The average molecular weight is 366 g/mol. The molecule has 0 aliphatic carbocycles. The zero-order valence-electron chi connectivity index (χ0n) is 13.3. The van der Waals surface area contributed by atoms with E-state index in [0.717, 1.165) is 12.1 Å². The predicted molar refractivity (Wildman–Crippen MR) is 93.3 cm³/mol. The van der Waals surface area contributed by atoms with Gasteiger partial charge in [-0.3, -0.25) is 4.79 Å². The summed E-state index contributed by atoms with van der Waals surface area (Å²) in [7, 11) is 0. The van der Waals surface area contributed by atoms with E-state index >= 15 is 0 Å². The fourth-order valence-electron chi connectivity index (χ4n) is 2.21. The van der Waals surface area contributed by atoms with Gasteiger partial charge >= 0.3 is 5.97 Å². The summed E-state index contributed by atoms with van der Waals surface area (Å²) in [5.41, 5.74) is 0.247. The van der Waals surface area contributed by atoms with E-state index in [2.05, 4.69) is 12.6 Å². The topological polar surface area (TPSA) is 76.0 Å². The van der Waals surface area contributed by atoms with Crippen LogP contribution in [-0.4, -0.2) is 34.6 Å². The predicted octanol–water partition coefficient (Wildman–Crippen LogP) is 2.88. The van der Waals surface area contributed by atoms with Crippen LogP contribution in [0.5, 0.6) is 11.5 Å². The van der Waals surface area contributed by atoms with Crippen LogP contribution in [0.15, 0.2) is 48.5 Å². The number of hydrogen-bond acceptors (Lipinski definition) is 6. The summed E-state index contributed by atoms with van der Waals surface area (Å²) in [6, 6.07) is 12.4. The summed E-state index contributed by atoms with van der Waals surface area (Å²) in [6.07, 6.45) is -1.76. The Balaban J connectivity index is 2.13. The number of esters is 1. The van der Waals surface area contributed by atoms with Crippen molar-refractivity contribution in [2.75, 3.05) is 12.4 Å². The molecule has 0 radical (unpaired) electrons. The lowest BCUT2D eigenvalue weighted by molar-refractivity contribution is -0.141. The third-order valence-corrected chi connectivity index (χ3v) is 3.75. The molecule has 0 aliphatic rings. The number of carbonyl (C=O) groups excluding carboxylic acids is 1. The van der Waals surface area contributed by atoms with Gasteiger partial charge in [0.15, 0.2) is 11.6 Å². The van der Waals surface area contributed by atoms with Crippen molar-refractivity contribution in [3.63, 3.8) is 0 Å². The van der Waals surface area contributed by atoms with Crippen molar-refractivity contribution >= 4 is 18.6 Å². The number of ether oxygens (including phenoxy) is 2. The van der Waals surface area contributed by atoms with E-state index in [1.165, 1.54) is 6.07 Å². The number of aliphatic hydroxyl groups is 1. The van der Waals surface area contributed by atoms with Gasteiger partial charge in [0.1, 0.15) is 18.0 Å². The van der Waals surface area contributed by atoms with E-state index in [4.69, 9.17) is 9.47 Å². The molecule has 0 aromatic heterocycles. The molecule has 2 aromatic rings. The maximum absolute atomic E-state index is 13.6. The maximum Gasteiger partial charge on any atom is 0.315 e. The number of rotatable bonds is 8. The standard InChI is InChI=1S/C18H19FO5S/c19-14-10-12(6-7-15(14)20)18(22)16(8-9-23-17(21)11-25)24-13-4-2-1-3-5-13/h1-7,10,16,18,20,22,25H,8-9,11H2/t16-,18-/m0/s1. The first kappa shape index (κ1) is 19.1. The molecule has 2 N–H and O–H groups in total. The summed E-state index contributed by atoms with van der Waals surface area (Å²) in [6.45, 7) is 0.0223. The van der Waals surface area contributed by atoms with Gasteiger partial charge < -0.3 is 19.7 Å². The molecular formula is C18H19FO5S. The highest BCUT2D eigenvalue weighted by molar-refractivity contribution is 7.81. The van der Waals surface area contributed by atoms with Crippen LogP contribution in [0.1, 0.15) is 18.1 Å². The number of hydrogen-bond donors (Lipinski definition) is 3. The van der Waals surface area contributed by atoms with Crippen molar-refractivity contribution in [2.45, 2.75) is 18.6 Å². The van der Waals surface area contributed by atoms with E-state index in [0.29, 0.717) is 5.75 Å². The molecule has 7 heteroatoms. The highest BCUT2D eigenvalue weighted by Crippen LogP contribution is 2.27. The Morgan fingerprint density at radius 2 is 1.92 bits per heavy atom. The maximum atomic E-state index is 13.6. The number of carbonyl (C=O) groups is 1. The van der Waals surface area contributed by atoms with Gasteiger partial charge in [0.05, 0.1) is 12.4 Å². The molecule has 2 atom stereocenters. The first-order valence-electron chi connectivity index (χ1n) is 7.66. The Labute approximate surface area is 150 Å². The molecule has 2 aromatic carbocycles. The fraction of sp³-hybridized carbons (Fsp3) is 0.278. The van der Waals surface area contributed by atoms with E-state index < -0.39 is 29.7 Å². The molecule has 0 fully saturated rings. The van der Waals surface area contributed by atoms with Gasteiger partial charge in [0.25, 0.3) is 0 Å². The second-order valence-electron chi connectivity index (χ2n) is 5.29. The fourth-order valence-corrected chi connectivity index (χ4v) is 2.30. The molecule has 0 saturated heterocycles. The first-order chi connectivity index (χ1) is 12.0. The summed E-state index contributed by atoms with van der Waals surface area (Å²) in [4.78, 5) is 11.2. The molecule has 0 spiro atoms. The van der Waals surface area contributed by atoms with Crippen molar-refractivity contribution in [1.29, 1.82) is 0 Å². The van der Waals surface area contributed by atoms with Gasteiger partial charge in [-0.1, -0.05) is 24.3 Å². The normalized spacial score (nSPS) is 13.1. The third-order valence-electron chi connectivity index (χ3n) is 3.49. The number of phenolic OH excluding ortho intramolecular Hbond substituents is 1. The Hall–Kier alpha value is -2.25. The van der Waals surface area contributed by atoms with Crippen molar-refractivity contribution in [1.82, 2.24) is 0 Å². The zero-order chi connectivity index (χ0) is 18.2. The molecule has 0 heterocycles. The second kappa shape index (κ2) is 9.29. The van der Waals surface area contributed by atoms with Gasteiger partial charge in [-0.2, -0.15) is 12.6 Å². The minimum Gasteiger partial charge on any atom is -0.505 e. The van der Waals surface area contributed by atoms with E-state index in [1.807, 2.05) is 6.07 Å². The van der Waals surface area contributed by atoms with Crippen molar-refractivity contribution in [2.24, 2.45) is 0 Å². The minimum absolute atomic E-state index is 0.0223. The Kier molecular flexibility index (Phi) is 7.09. The summed E-state index contributed by atoms with van der Waals surface area (Å²) in [5, 5.41) is 19.8. The number of halogens is 1. The van der Waals surface area contributed by atoms with Crippen LogP contribution in [0.4, 0.5) is 4.39 Å². The first-order valence-corrected chi connectivity index (χ1v) is 8.29. The van der Waals surface area contributed by atoms with E-state index in [9.17, 15) is 19.4 Å². The van der Waals surface area contributed by atoms with Crippen LogP contribution in [0.25, 0.3) is 0 Å². The van der Waals surface area contributed by atoms with Crippen LogP contribution in [0.2, 0.25) is 0 Å². The largest absolute Gasteiger partial charge is 0.505 e. The highest BCUT2D eigenvalue weighted by Gasteiger charge is 2.24. The SMILES string of the molecule is O=C(CS)OCC[C@H](Oc1ccccc1)[C@@H](O)c1ccc(O)c(F)c1. The van der Waals surface area contributed by atoms with Crippen LogP contribution >= 0.6 is 12.6 Å². The molecule has 2 rings (SSSR count). The van der Waals surface area contributed by atoms with Gasteiger partial charge in [0.2, 0.25) is 0 Å². The second-order valence-corrected chi connectivity index (χ2v) is 5.61. The number of thiol groups is 1. The zero-order valence-corrected chi connectivity index (χ0v) is 14.2. The molecule has 5 nitrogen and oxygen atoms in total. The van der Waals surface area contributed by atoms with E-state index in [-0.39, 0.29) is 24.3 Å². The van der Waals surface area contributed by atoms with E-state index in [1.54, 1.807) is 24.3 Å². The van der Waals surface area contributed by atoms with Gasteiger partial charge in [-0.05, 0) is 29.8 Å². The Bertz CT molecular complexity index is 695. The molecule has 0 saturated carbocycles. The van der Waals surface area contributed by atoms with Crippen LogP contribution in [-0.2, 0) is 9.53 Å². The third kappa shape index (κ3) is 5.65. The quantitative estimate of drug-likeness (QED) is 0.495. The minimum atomic E-state index is -1.18. The number of aliphatic hydroxyl groups excluding tert-OH is 1. The smallest absolute Gasteiger partial charge is 0.315 e. The summed E-state index contributed by atoms with van der Waals surface area (Å²) in [5.74, 6) is -1.34. The molecule has 0 amide bonds. The molecular weight excluding hydrogens is 347 g/mol.